The van der Waals surface area contributed by atoms with E-state index in [1.54, 1.807) is 33.3 Å². The number of nitrogens with zero attached hydrogens (tertiary/aromatic N) is 5. The molecule has 3 rings (SSSR count). The van der Waals surface area contributed by atoms with Gasteiger partial charge in [-0.3, -0.25) is 9.59 Å². The summed E-state index contributed by atoms with van der Waals surface area (Å²) in [6.07, 6.45) is 2.66. The monoisotopic (exact) mass is 484 g/mol. The van der Waals surface area contributed by atoms with Gasteiger partial charge in [-0.1, -0.05) is 11.3 Å². The smallest absolute Gasteiger partial charge is 0.282 e. The highest BCUT2D eigenvalue weighted by molar-refractivity contribution is 7.19. The molecular formula is C22H28N8O3S. The van der Waals surface area contributed by atoms with Crippen molar-refractivity contribution in [2.24, 2.45) is 0 Å². The maximum atomic E-state index is 12.9. The number of rotatable bonds is 9. The van der Waals surface area contributed by atoms with Crippen LogP contribution in [0.2, 0.25) is 0 Å². The molecule has 2 heterocycles. The number of aromatic nitrogens is 3. The number of carbonyl (C=O) groups is 2. The third-order valence-corrected chi connectivity index (χ3v) is 5.79. The van der Waals surface area contributed by atoms with Gasteiger partial charge in [-0.2, -0.15) is 0 Å². The van der Waals surface area contributed by atoms with Crippen molar-refractivity contribution < 1.29 is 14.3 Å². The van der Waals surface area contributed by atoms with Crippen LogP contribution in [-0.2, 0) is 4.79 Å². The number of benzene rings is 1. The first-order valence-corrected chi connectivity index (χ1v) is 11.4. The van der Waals surface area contributed by atoms with Crippen molar-refractivity contribution in [3.8, 4) is 5.75 Å². The zero-order valence-electron chi connectivity index (χ0n) is 19.7. The Balaban J connectivity index is 1.91. The summed E-state index contributed by atoms with van der Waals surface area (Å²) >= 11 is 1.15. The molecule has 0 fully saturated rings. The summed E-state index contributed by atoms with van der Waals surface area (Å²) in [4.78, 5) is 41.2. The van der Waals surface area contributed by atoms with Crippen molar-refractivity contribution in [2.45, 2.75) is 26.4 Å². The number of anilines is 3. The van der Waals surface area contributed by atoms with Crippen LogP contribution in [0.4, 0.5) is 17.2 Å². The van der Waals surface area contributed by atoms with Crippen molar-refractivity contribution in [1.29, 1.82) is 5.41 Å². The molecule has 0 aliphatic carbocycles. The lowest BCUT2D eigenvalue weighted by molar-refractivity contribution is -0.128. The molecule has 0 unspecified atom stereocenters. The molecule has 3 aromatic rings. The molecule has 0 aliphatic heterocycles. The highest BCUT2D eigenvalue weighted by Crippen LogP contribution is 2.34. The molecule has 0 atom stereocenters. The number of amides is 2. The first kappa shape index (κ1) is 24.8. The van der Waals surface area contributed by atoms with Gasteiger partial charge < -0.3 is 31.0 Å². The number of ether oxygens (including phenoxy) is 1. The molecule has 12 heteroatoms. The molecule has 1 aromatic carbocycles. The van der Waals surface area contributed by atoms with Gasteiger partial charge in [-0.25, -0.2) is 15.0 Å². The largest absolute Gasteiger partial charge is 0.489 e. The van der Waals surface area contributed by atoms with E-state index in [1.807, 2.05) is 13.8 Å². The maximum absolute atomic E-state index is 12.9. The van der Waals surface area contributed by atoms with E-state index in [1.165, 1.54) is 16.1 Å². The number of carbonyl (C=O) groups excluding carboxylic acids is 2. The van der Waals surface area contributed by atoms with Gasteiger partial charge in [0.05, 0.1) is 11.8 Å². The summed E-state index contributed by atoms with van der Waals surface area (Å²) in [5, 5.41) is 11.0. The lowest BCUT2D eigenvalue weighted by Gasteiger charge is -2.17. The van der Waals surface area contributed by atoms with Gasteiger partial charge in [0.2, 0.25) is 5.91 Å². The fourth-order valence-electron chi connectivity index (χ4n) is 3.00. The predicted octanol–water partition coefficient (Wildman–Crippen LogP) is 2.75. The Morgan fingerprint density at radius 1 is 1.26 bits per heavy atom. The average Bonchev–Trinajstić information content (AvgIpc) is 3.23. The van der Waals surface area contributed by atoms with Crippen LogP contribution in [0.15, 0.2) is 18.5 Å². The zero-order chi connectivity index (χ0) is 25.0. The minimum absolute atomic E-state index is 0.0616. The van der Waals surface area contributed by atoms with Gasteiger partial charge in [0.15, 0.2) is 10.8 Å². The van der Waals surface area contributed by atoms with E-state index in [9.17, 15) is 9.59 Å². The van der Waals surface area contributed by atoms with E-state index in [-0.39, 0.29) is 35.9 Å². The first-order valence-electron chi connectivity index (χ1n) is 10.6. The molecule has 34 heavy (non-hydrogen) atoms. The fraction of sp³-hybridized carbons (Fsp3) is 0.364. The van der Waals surface area contributed by atoms with Gasteiger partial charge in [0.25, 0.3) is 5.91 Å². The van der Waals surface area contributed by atoms with Crippen LogP contribution in [0.1, 0.15) is 35.6 Å². The minimum Gasteiger partial charge on any atom is -0.489 e. The number of hydrogen-bond donors (Lipinski definition) is 3. The molecule has 0 saturated carbocycles. The minimum atomic E-state index is -0.303. The second kappa shape index (κ2) is 10.4. The Morgan fingerprint density at radius 3 is 2.65 bits per heavy atom. The summed E-state index contributed by atoms with van der Waals surface area (Å²) < 4.78 is 5.88. The molecule has 2 amide bonds. The Kier molecular flexibility index (Phi) is 7.61. The van der Waals surface area contributed by atoms with E-state index in [0.717, 1.165) is 17.6 Å². The van der Waals surface area contributed by atoms with Crippen molar-refractivity contribution in [2.75, 3.05) is 38.7 Å². The summed E-state index contributed by atoms with van der Waals surface area (Å²) in [6, 6.07) is 3.35. The van der Waals surface area contributed by atoms with Crippen LogP contribution in [0, 0.1) is 5.41 Å². The molecule has 11 nitrogen and oxygen atoms in total. The van der Waals surface area contributed by atoms with Gasteiger partial charge in [0.1, 0.15) is 22.4 Å². The SMILES string of the molecule is CC(C)Oc1cc(N)c(C=N)cc1Nc1ncnc2sc(C(=O)N(C)CCC(=O)N(C)C)nc12. The standard InChI is InChI=1S/C22H28N8O3S/c1-12(2)33-16-9-14(24)13(10-23)8-15(16)27-19-18-20(26-11-25-19)34-21(28-18)22(32)30(5)7-6-17(31)29(3)4/h8-12,23H,6-7,24H2,1-5H3,(H,25,26,27). The van der Waals surface area contributed by atoms with Crippen LogP contribution in [0.25, 0.3) is 10.3 Å². The molecule has 180 valence electrons. The van der Waals surface area contributed by atoms with Gasteiger partial charge in [0, 0.05) is 57.6 Å². The number of hydrogen-bond acceptors (Lipinski definition) is 10. The molecule has 0 spiro atoms. The van der Waals surface area contributed by atoms with Crippen molar-refractivity contribution >= 4 is 56.9 Å². The number of nitrogen functional groups attached to an aromatic ring is 1. The molecule has 0 saturated heterocycles. The second-order valence-electron chi connectivity index (χ2n) is 8.07. The quantitative estimate of drug-likeness (QED) is 0.310. The van der Waals surface area contributed by atoms with Gasteiger partial charge in [-0.15, -0.1) is 0 Å². The Labute approximate surface area is 201 Å². The normalized spacial score (nSPS) is 10.9. The molecular weight excluding hydrogens is 456 g/mol. The fourth-order valence-corrected chi connectivity index (χ4v) is 3.90. The highest BCUT2D eigenvalue weighted by Gasteiger charge is 2.21. The van der Waals surface area contributed by atoms with E-state index < -0.39 is 0 Å². The van der Waals surface area contributed by atoms with E-state index in [2.05, 4.69) is 20.3 Å². The second-order valence-corrected chi connectivity index (χ2v) is 9.05. The number of nitrogens with two attached hydrogens (primary N) is 1. The van der Waals surface area contributed by atoms with Crippen molar-refractivity contribution in [3.63, 3.8) is 0 Å². The topological polar surface area (TPSA) is 150 Å². The zero-order valence-corrected chi connectivity index (χ0v) is 20.6. The lowest BCUT2D eigenvalue weighted by Crippen LogP contribution is -2.32. The third-order valence-electron chi connectivity index (χ3n) is 4.84. The van der Waals surface area contributed by atoms with Crippen LogP contribution in [-0.4, -0.2) is 76.6 Å². The highest BCUT2D eigenvalue weighted by atomic mass is 32.1. The predicted molar refractivity (Wildman–Crippen MR) is 133 cm³/mol. The molecule has 0 bridgehead atoms. The molecule has 4 N–H and O–H groups in total. The van der Waals surface area contributed by atoms with Crippen LogP contribution in [0.5, 0.6) is 5.75 Å². The maximum Gasteiger partial charge on any atom is 0.282 e. The average molecular weight is 485 g/mol. The van der Waals surface area contributed by atoms with Crippen LogP contribution >= 0.6 is 11.3 Å². The van der Waals surface area contributed by atoms with Gasteiger partial charge in [-0.05, 0) is 19.9 Å². The van der Waals surface area contributed by atoms with Gasteiger partial charge >= 0.3 is 0 Å². The molecule has 0 aliphatic rings. The first-order chi connectivity index (χ1) is 16.1. The Morgan fingerprint density at radius 2 is 2.00 bits per heavy atom. The summed E-state index contributed by atoms with van der Waals surface area (Å²) in [7, 11) is 4.98. The summed E-state index contributed by atoms with van der Waals surface area (Å²) in [5.41, 5.74) is 7.95. The Bertz CT molecular complexity index is 1220. The van der Waals surface area contributed by atoms with E-state index >= 15 is 0 Å². The van der Waals surface area contributed by atoms with Crippen LogP contribution < -0.4 is 15.8 Å². The summed E-state index contributed by atoms with van der Waals surface area (Å²) in [6.45, 7) is 4.07. The third kappa shape index (κ3) is 5.57. The van der Waals surface area contributed by atoms with E-state index in [4.69, 9.17) is 15.9 Å². The van der Waals surface area contributed by atoms with Crippen molar-refractivity contribution in [1.82, 2.24) is 24.8 Å². The molecule has 2 aromatic heterocycles. The Hall–Kier alpha value is -3.80. The lowest BCUT2D eigenvalue weighted by atomic mass is 10.1. The number of thiazole rings is 1. The van der Waals surface area contributed by atoms with Crippen molar-refractivity contribution in [3.05, 3.63) is 29.0 Å². The van der Waals surface area contributed by atoms with Crippen LogP contribution in [0.3, 0.4) is 0 Å². The molecule has 0 radical (unpaired) electrons. The summed E-state index contributed by atoms with van der Waals surface area (Å²) in [5.74, 6) is 0.526. The van der Waals surface area contributed by atoms with E-state index in [0.29, 0.717) is 38.9 Å². The number of nitrogens with one attached hydrogen (secondary N) is 2. The number of fused-ring (bicyclic) bond motifs is 1.